The number of aryl methyl sites for hydroxylation is 1. The molecular formula is C18H18O5. The van der Waals surface area contributed by atoms with Gasteiger partial charge in [0.05, 0.1) is 24.8 Å². The van der Waals surface area contributed by atoms with Crippen LogP contribution in [-0.2, 0) is 4.74 Å². The highest BCUT2D eigenvalue weighted by atomic mass is 16.6. The van der Waals surface area contributed by atoms with Gasteiger partial charge in [-0.05, 0) is 44.2 Å². The molecule has 0 radical (unpaired) electrons. The number of esters is 2. The third-order valence-corrected chi connectivity index (χ3v) is 3.16. The molecule has 0 aliphatic rings. The molecule has 0 atom stereocenters. The molecule has 0 aromatic heterocycles. The van der Waals surface area contributed by atoms with Crippen molar-refractivity contribution in [3.05, 3.63) is 59.2 Å². The third-order valence-electron chi connectivity index (χ3n) is 3.16. The summed E-state index contributed by atoms with van der Waals surface area (Å²) < 4.78 is 15.5. The van der Waals surface area contributed by atoms with Crippen LogP contribution >= 0.6 is 0 Å². The van der Waals surface area contributed by atoms with Gasteiger partial charge in [0.15, 0.2) is 11.5 Å². The third kappa shape index (κ3) is 4.10. The van der Waals surface area contributed by atoms with Gasteiger partial charge in [-0.15, -0.1) is 0 Å². The molecule has 0 unspecified atom stereocenters. The summed E-state index contributed by atoms with van der Waals surface area (Å²) in [5.74, 6) is -0.420. The molecule has 0 saturated carbocycles. The molecule has 5 heteroatoms. The standard InChI is InChI=1S/C18H18O5/c1-4-22-17(19)14-9-10-15(16(11-14)21-3)23-18(20)13-7-5-12(2)6-8-13/h5-11H,4H2,1-3H3. The Kier molecular flexibility index (Phi) is 5.36. The lowest BCUT2D eigenvalue weighted by atomic mass is 10.1. The van der Waals surface area contributed by atoms with Crippen molar-refractivity contribution in [2.24, 2.45) is 0 Å². The van der Waals surface area contributed by atoms with Crippen LogP contribution in [0.4, 0.5) is 0 Å². The number of hydrogen-bond acceptors (Lipinski definition) is 5. The van der Waals surface area contributed by atoms with Crippen molar-refractivity contribution in [1.82, 2.24) is 0 Å². The molecule has 2 rings (SSSR count). The van der Waals surface area contributed by atoms with E-state index in [1.54, 1.807) is 19.1 Å². The van der Waals surface area contributed by atoms with E-state index in [0.717, 1.165) is 5.56 Å². The van der Waals surface area contributed by atoms with Gasteiger partial charge in [0.25, 0.3) is 0 Å². The molecule has 0 aliphatic heterocycles. The maximum absolute atomic E-state index is 12.1. The first-order valence-electron chi connectivity index (χ1n) is 7.19. The Morgan fingerprint density at radius 1 is 0.913 bits per heavy atom. The summed E-state index contributed by atoms with van der Waals surface area (Å²) in [7, 11) is 1.44. The highest BCUT2D eigenvalue weighted by molar-refractivity contribution is 5.92. The van der Waals surface area contributed by atoms with E-state index in [2.05, 4.69) is 0 Å². The molecule has 120 valence electrons. The molecule has 2 aromatic rings. The van der Waals surface area contributed by atoms with Crippen LogP contribution in [0.5, 0.6) is 11.5 Å². The van der Waals surface area contributed by atoms with Gasteiger partial charge < -0.3 is 14.2 Å². The van der Waals surface area contributed by atoms with Gasteiger partial charge in [-0.1, -0.05) is 17.7 Å². The number of carbonyl (C=O) groups is 2. The van der Waals surface area contributed by atoms with Gasteiger partial charge in [0, 0.05) is 0 Å². The summed E-state index contributed by atoms with van der Waals surface area (Å²) in [6.07, 6.45) is 0. The van der Waals surface area contributed by atoms with E-state index in [1.165, 1.54) is 25.3 Å². The Bertz CT molecular complexity index is 704. The van der Waals surface area contributed by atoms with E-state index in [-0.39, 0.29) is 18.1 Å². The maximum Gasteiger partial charge on any atom is 0.343 e. The Hall–Kier alpha value is -2.82. The fourth-order valence-corrected chi connectivity index (χ4v) is 1.94. The molecule has 5 nitrogen and oxygen atoms in total. The zero-order valence-corrected chi connectivity index (χ0v) is 13.3. The summed E-state index contributed by atoms with van der Waals surface area (Å²) in [6.45, 7) is 3.95. The van der Waals surface area contributed by atoms with E-state index in [9.17, 15) is 9.59 Å². The van der Waals surface area contributed by atoms with Crippen LogP contribution in [0.25, 0.3) is 0 Å². The number of hydrogen-bond donors (Lipinski definition) is 0. The minimum Gasteiger partial charge on any atom is -0.493 e. The first-order chi connectivity index (χ1) is 11.0. The Balaban J connectivity index is 2.20. The lowest BCUT2D eigenvalue weighted by Crippen LogP contribution is -2.10. The van der Waals surface area contributed by atoms with Crippen molar-refractivity contribution in [2.75, 3.05) is 13.7 Å². The summed E-state index contributed by atoms with van der Waals surface area (Å²) >= 11 is 0. The summed E-state index contributed by atoms with van der Waals surface area (Å²) in [4.78, 5) is 23.9. The number of rotatable bonds is 5. The van der Waals surface area contributed by atoms with Crippen molar-refractivity contribution in [1.29, 1.82) is 0 Å². The molecule has 23 heavy (non-hydrogen) atoms. The van der Waals surface area contributed by atoms with Crippen LogP contribution in [0.3, 0.4) is 0 Å². The smallest absolute Gasteiger partial charge is 0.343 e. The number of benzene rings is 2. The number of carbonyl (C=O) groups excluding carboxylic acids is 2. The Morgan fingerprint density at radius 2 is 1.57 bits per heavy atom. The van der Waals surface area contributed by atoms with Crippen LogP contribution in [0.1, 0.15) is 33.2 Å². The number of methoxy groups -OCH3 is 1. The highest BCUT2D eigenvalue weighted by Crippen LogP contribution is 2.29. The highest BCUT2D eigenvalue weighted by Gasteiger charge is 2.15. The zero-order chi connectivity index (χ0) is 16.8. The van der Waals surface area contributed by atoms with Crippen LogP contribution in [0.2, 0.25) is 0 Å². The van der Waals surface area contributed by atoms with Crippen molar-refractivity contribution < 1.29 is 23.8 Å². The van der Waals surface area contributed by atoms with Crippen LogP contribution in [-0.4, -0.2) is 25.7 Å². The van der Waals surface area contributed by atoms with E-state index in [1.807, 2.05) is 19.1 Å². The average Bonchev–Trinajstić information content (AvgIpc) is 2.56. The molecule has 0 spiro atoms. The van der Waals surface area contributed by atoms with E-state index in [4.69, 9.17) is 14.2 Å². The second kappa shape index (κ2) is 7.45. The summed E-state index contributed by atoms with van der Waals surface area (Å²) in [6, 6.07) is 11.6. The average molecular weight is 314 g/mol. The molecule has 0 fully saturated rings. The molecule has 0 saturated heterocycles. The number of ether oxygens (including phenoxy) is 3. The van der Waals surface area contributed by atoms with Gasteiger partial charge >= 0.3 is 11.9 Å². The summed E-state index contributed by atoms with van der Waals surface area (Å²) in [5, 5.41) is 0. The van der Waals surface area contributed by atoms with Crippen LogP contribution < -0.4 is 9.47 Å². The Labute approximate surface area is 134 Å². The van der Waals surface area contributed by atoms with Crippen LogP contribution in [0, 0.1) is 6.92 Å². The minimum absolute atomic E-state index is 0.242. The molecule has 0 amide bonds. The molecule has 0 N–H and O–H groups in total. The lowest BCUT2D eigenvalue weighted by molar-refractivity contribution is 0.0526. The largest absolute Gasteiger partial charge is 0.493 e. The minimum atomic E-state index is -0.493. The molecular weight excluding hydrogens is 296 g/mol. The second-order valence-corrected chi connectivity index (χ2v) is 4.84. The lowest BCUT2D eigenvalue weighted by Gasteiger charge is -2.11. The molecule has 0 heterocycles. The topological polar surface area (TPSA) is 61.8 Å². The first kappa shape index (κ1) is 16.5. The van der Waals surface area contributed by atoms with E-state index < -0.39 is 11.9 Å². The van der Waals surface area contributed by atoms with Crippen molar-refractivity contribution >= 4 is 11.9 Å². The normalized spacial score (nSPS) is 10.0. The predicted molar refractivity (Wildman–Crippen MR) is 85.1 cm³/mol. The van der Waals surface area contributed by atoms with Gasteiger partial charge in [0.1, 0.15) is 0 Å². The van der Waals surface area contributed by atoms with Gasteiger partial charge in [-0.2, -0.15) is 0 Å². The summed E-state index contributed by atoms with van der Waals surface area (Å²) in [5.41, 5.74) is 1.82. The zero-order valence-electron chi connectivity index (χ0n) is 13.3. The van der Waals surface area contributed by atoms with Crippen molar-refractivity contribution in [2.45, 2.75) is 13.8 Å². The maximum atomic E-state index is 12.1. The monoisotopic (exact) mass is 314 g/mol. The second-order valence-electron chi connectivity index (χ2n) is 4.84. The molecule has 0 bridgehead atoms. The Morgan fingerprint density at radius 3 is 2.17 bits per heavy atom. The predicted octanol–water partition coefficient (Wildman–Crippen LogP) is 3.40. The van der Waals surface area contributed by atoms with Crippen LogP contribution in [0.15, 0.2) is 42.5 Å². The van der Waals surface area contributed by atoms with Crippen molar-refractivity contribution in [3.8, 4) is 11.5 Å². The fourth-order valence-electron chi connectivity index (χ4n) is 1.94. The molecule has 2 aromatic carbocycles. The first-order valence-corrected chi connectivity index (χ1v) is 7.19. The van der Waals surface area contributed by atoms with E-state index >= 15 is 0 Å². The van der Waals surface area contributed by atoms with Crippen molar-refractivity contribution in [3.63, 3.8) is 0 Å². The van der Waals surface area contributed by atoms with E-state index in [0.29, 0.717) is 11.1 Å². The quantitative estimate of drug-likeness (QED) is 0.625. The van der Waals surface area contributed by atoms with Gasteiger partial charge in [-0.3, -0.25) is 0 Å². The van der Waals surface area contributed by atoms with Gasteiger partial charge in [-0.25, -0.2) is 9.59 Å². The fraction of sp³-hybridized carbons (Fsp3) is 0.222. The SMILES string of the molecule is CCOC(=O)c1ccc(OC(=O)c2ccc(C)cc2)c(OC)c1. The van der Waals surface area contributed by atoms with Gasteiger partial charge in [0.2, 0.25) is 0 Å². The molecule has 0 aliphatic carbocycles.